The van der Waals surface area contributed by atoms with Gasteiger partial charge in [0.1, 0.15) is 5.58 Å². The molecule has 0 N–H and O–H groups in total. The number of rotatable bonds is 4. The topological polar surface area (TPSA) is 38.9 Å². The zero-order valence-corrected chi connectivity index (χ0v) is 31.8. The van der Waals surface area contributed by atoms with Crippen molar-refractivity contribution in [3.05, 3.63) is 143 Å². The van der Waals surface area contributed by atoms with Crippen LogP contribution in [0.3, 0.4) is 0 Å². The SMILES string of the molecule is [2H]C([2H])([2H])c1c[c-]c(-c2ccc(C([2H])([2H])C(C)(C)C)cn2)cc1.[2H]C([2H])([2H])c1ccc2oc3c(-c4cc(-c5ccc(C(C)(C)C)cc5C([2H])([2H])[2H])c(C([2H])([2H])[2H])cn4)[c-]ccc3c2c1.[Ir]. The summed E-state index contributed by atoms with van der Waals surface area (Å²) in [5.74, 6) is 0. The van der Waals surface area contributed by atoms with Crippen LogP contribution in [0.15, 0.2) is 102 Å². The van der Waals surface area contributed by atoms with Gasteiger partial charge in [0.15, 0.2) is 0 Å². The van der Waals surface area contributed by atoms with Crippen molar-refractivity contribution in [2.45, 2.75) is 80.7 Å². The molecule has 3 heterocycles. The average Bonchev–Trinajstić information content (AvgIpc) is 3.57. The van der Waals surface area contributed by atoms with Gasteiger partial charge in [0.2, 0.25) is 0 Å². The molecule has 0 saturated heterocycles. The molecule has 0 aliphatic carbocycles. The van der Waals surface area contributed by atoms with Gasteiger partial charge in [0, 0.05) is 57.1 Å². The maximum absolute atomic E-state index is 8.26. The normalized spacial score (nSPS) is 17.0. The molecule has 4 heteroatoms. The van der Waals surface area contributed by atoms with Crippen LogP contribution in [0, 0.1) is 45.0 Å². The van der Waals surface area contributed by atoms with Crippen molar-refractivity contribution >= 4 is 21.9 Å². The molecule has 0 saturated carbocycles. The summed E-state index contributed by atoms with van der Waals surface area (Å²) in [6, 6.07) is 29.0. The summed E-state index contributed by atoms with van der Waals surface area (Å²) in [7, 11) is 0. The summed E-state index contributed by atoms with van der Waals surface area (Å²) in [5, 5.41) is 1.27. The van der Waals surface area contributed by atoms with Crippen molar-refractivity contribution in [3.63, 3.8) is 0 Å². The summed E-state index contributed by atoms with van der Waals surface area (Å²) >= 11 is 0. The Kier molecular flexibility index (Phi) is 6.87. The van der Waals surface area contributed by atoms with E-state index in [0.29, 0.717) is 50.0 Å². The van der Waals surface area contributed by atoms with Crippen LogP contribution in [0.25, 0.3) is 55.6 Å². The van der Waals surface area contributed by atoms with Gasteiger partial charge in [-0.15, -0.1) is 53.6 Å². The van der Waals surface area contributed by atoms with Gasteiger partial charge < -0.3 is 14.4 Å². The zero-order chi connectivity index (χ0) is 47.6. The Balaban J connectivity index is 0.000000281. The van der Waals surface area contributed by atoms with Gasteiger partial charge in [-0.2, -0.15) is 0 Å². The van der Waals surface area contributed by atoms with Crippen LogP contribution in [-0.4, -0.2) is 9.97 Å². The van der Waals surface area contributed by atoms with Crippen molar-refractivity contribution in [2.75, 3.05) is 0 Å². The van der Waals surface area contributed by atoms with E-state index in [2.05, 4.69) is 22.1 Å². The number of hydrogen-bond donors (Lipinski definition) is 0. The zero-order valence-electron chi connectivity index (χ0n) is 43.4. The van der Waals surface area contributed by atoms with Crippen molar-refractivity contribution < 1.29 is 43.7 Å². The Morgan fingerprint density at radius 2 is 1.49 bits per heavy atom. The first-order chi connectivity index (χ1) is 29.3. The summed E-state index contributed by atoms with van der Waals surface area (Å²) in [6.07, 6.45) is 1.29. The number of aryl methyl sites for hydroxylation is 4. The first kappa shape index (κ1) is 23.2. The molecule has 0 aliphatic rings. The Hall–Kier alpha value is -4.37. The van der Waals surface area contributed by atoms with Gasteiger partial charge in [-0.3, -0.25) is 0 Å². The molecule has 0 spiro atoms. The molecular formula is C47H48IrN2O-2. The van der Waals surface area contributed by atoms with E-state index in [-0.39, 0.29) is 58.9 Å². The van der Waals surface area contributed by atoms with Gasteiger partial charge >= 0.3 is 0 Å². The maximum Gasteiger partial charge on any atom is 0.120 e. The summed E-state index contributed by atoms with van der Waals surface area (Å²) in [4.78, 5) is 8.75. The van der Waals surface area contributed by atoms with Crippen molar-refractivity contribution in [2.24, 2.45) is 5.41 Å². The number of pyridine rings is 2. The molecule has 263 valence electrons. The molecule has 7 aromatic rings. The van der Waals surface area contributed by atoms with Crippen LogP contribution in [0.2, 0.25) is 0 Å². The van der Waals surface area contributed by atoms with E-state index in [1.54, 1.807) is 66.7 Å². The molecule has 51 heavy (non-hydrogen) atoms. The minimum atomic E-state index is -2.56. The third-order valence-electron chi connectivity index (χ3n) is 8.14. The molecule has 0 unspecified atom stereocenters. The first-order valence-electron chi connectivity index (χ1n) is 23.3. The van der Waals surface area contributed by atoms with E-state index in [9.17, 15) is 0 Å². The van der Waals surface area contributed by atoms with E-state index in [0.717, 1.165) is 5.56 Å². The molecule has 0 amide bonds. The minimum absolute atomic E-state index is 0. The van der Waals surface area contributed by atoms with Gasteiger partial charge in [-0.25, -0.2) is 0 Å². The third-order valence-corrected chi connectivity index (χ3v) is 8.14. The standard InChI is InChI=1S/C30H28NO.C17H20N.Ir/c1-18-10-13-28-26(14-18)23-8-7-9-24(29(23)32-28)27-16-25(20(3)17-31-27)22-12-11-21(15-19(22)2)30(4,5)6;1-13-5-8-15(9-6-13)16-10-7-14(12-18-16)11-17(2,3)4;/h7-8,10-17H,1-6H3;5-8,10,12H,11H2,1-4H3;/q2*-1;/i1D3,2D3,3D3;1D3,11D2;. The van der Waals surface area contributed by atoms with E-state index in [4.69, 9.17) is 23.6 Å². The van der Waals surface area contributed by atoms with Crippen LogP contribution in [-0.2, 0) is 31.9 Å². The van der Waals surface area contributed by atoms with Crippen molar-refractivity contribution in [1.82, 2.24) is 9.97 Å². The fourth-order valence-corrected chi connectivity index (χ4v) is 5.64. The molecule has 3 aromatic heterocycles. The first-order valence-corrected chi connectivity index (χ1v) is 16.3. The predicted molar refractivity (Wildman–Crippen MR) is 211 cm³/mol. The molecule has 7 rings (SSSR count). The molecule has 0 fully saturated rings. The second-order valence-corrected chi connectivity index (χ2v) is 14.3. The van der Waals surface area contributed by atoms with E-state index < -0.39 is 39.2 Å². The quantitative estimate of drug-likeness (QED) is 0.166. The van der Waals surface area contributed by atoms with Crippen LogP contribution in [0.4, 0.5) is 0 Å². The van der Waals surface area contributed by atoms with E-state index >= 15 is 0 Å². The number of benzene rings is 4. The smallest absolute Gasteiger partial charge is 0.120 e. The van der Waals surface area contributed by atoms with Gasteiger partial charge in [-0.05, 0) is 94.7 Å². The number of fused-ring (bicyclic) bond motifs is 3. The van der Waals surface area contributed by atoms with E-state index in [1.807, 2.05) is 47.6 Å². The van der Waals surface area contributed by atoms with Gasteiger partial charge in [0.05, 0.1) is 5.58 Å². The maximum atomic E-state index is 8.26. The summed E-state index contributed by atoms with van der Waals surface area (Å²) in [6.45, 7) is 2.00. The van der Waals surface area contributed by atoms with Crippen LogP contribution < -0.4 is 0 Å². The Morgan fingerprint density at radius 3 is 2.16 bits per heavy atom. The van der Waals surface area contributed by atoms with Crippen LogP contribution in [0.5, 0.6) is 0 Å². The number of hydrogen-bond acceptors (Lipinski definition) is 3. The van der Waals surface area contributed by atoms with Gasteiger partial charge in [0.25, 0.3) is 0 Å². The Bertz CT molecular complexity index is 2810. The second kappa shape index (κ2) is 15.1. The van der Waals surface area contributed by atoms with Crippen molar-refractivity contribution in [3.8, 4) is 33.6 Å². The summed E-state index contributed by atoms with van der Waals surface area (Å²) < 4.78 is 117. The Labute approximate surface area is 337 Å². The monoisotopic (exact) mass is 863 g/mol. The third kappa shape index (κ3) is 8.75. The van der Waals surface area contributed by atoms with E-state index in [1.165, 1.54) is 24.5 Å². The average molecular weight is 863 g/mol. The molecule has 0 bridgehead atoms. The predicted octanol–water partition coefficient (Wildman–Crippen LogP) is 12.8. The molecule has 3 nitrogen and oxygen atoms in total. The Morgan fingerprint density at radius 1 is 0.706 bits per heavy atom. The van der Waals surface area contributed by atoms with Crippen molar-refractivity contribution in [1.29, 1.82) is 0 Å². The largest absolute Gasteiger partial charge is 0.501 e. The van der Waals surface area contributed by atoms with Crippen LogP contribution >= 0.6 is 0 Å². The fraction of sp³-hybridized carbons (Fsp3) is 0.277. The second-order valence-electron chi connectivity index (χ2n) is 14.3. The molecular weight excluding hydrogens is 801 g/mol. The minimum Gasteiger partial charge on any atom is -0.501 e. The molecule has 0 aliphatic heterocycles. The molecule has 0 atom stereocenters. The van der Waals surface area contributed by atoms with Crippen LogP contribution in [0.1, 0.15) is 94.1 Å². The van der Waals surface area contributed by atoms with Gasteiger partial charge in [-0.1, -0.05) is 107 Å². The summed E-state index contributed by atoms with van der Waals surface area (Å²) in [5.41, 5.74) is 4.37. The number of furan rings is 1. The fourth-order valence-electron chi connectivity index (χ4n) is 5.64. The number of aromatic nitrogens is 2. The molecule has 4 aromatic carbocycles. The number of nitrogens with zero attached hydrogens (tertiary/aromatic N) is 2. The molecule has 1 radical (unpaired) electrons.